The van der Waals surface area contributed by atoms with Gasteiger partial charge in [-0.25, -0.2) is 4.68 Å². The summed E-state index contributed by atoms with van der Waals surface area (Å²) in [6.07, 6.45) is 0. The van der Waals surface area contributed by atoms with E-state index in [1.807, 2.05) is 49.4 Å². The molecular formula is C20H18ClN3OS. The molecule has 0 radical (unpaired) electrons. The zero-order valence-electron chi connectivity index (χ0n) is 14.4. The lowest BCUT2D eigenvalue weighted by atomic mass is 10.2. The van der Waals surface area contributed by atoms with Crippen LogP contribution in [-0.2, 0) is 28.9 Å². The van der Waals surface area contributed by atoms with Crippen molar-refractivity contribution in [1.82, 2.24) is 9.78 Å². The largest absolute Gasteiger partial charge is 0.259 e. The van der Waals surface area contributed by atoms with E-state index >= 15 is 0 Å². The number of benzene rings is 2. The van der Waals surface area contributed by atoms with Gasteiger partial charge in [-0.1, -0.05) is 54.1 Å². The molecular weight excluding hydrogens is 366 g/mol. The van der Waals surface area contributed by atoms with Crippen LogP contribution >= 0.6 is 11.6 Å². The minimum Gasteiger partial charge on any atom is -0.259 e. The van der Waals surface area contributed by atoms with Gasteiger partial charge in [0.25, 0.3) is 0 Å². The minimum atomic E-state index is -1.10. The molecule has 0 bridgehead atoms. The van der Waals surface area contributed by atoms with Crippen LogP contribution in [0, 0.1) is 18.3 Å². The number of rotatable bonds is 6. The normalized spacial score (nSPS) is 11.9. The lowest BCUT2D eigenvalue weighted by molar-refractivity contribution is 0.679. The van der Waals surface area contributed by atoms with Crippen molar-refractivity contribution in [1.29, 1.82) is 5.26 Å². The van der Waals surface area contributed by atoms with E-state index < -0.39 is 10.8 Å². The quantitative estimate of drug-likeness (QED) is 0.640. The van der Waals surface area contributed by atoms with Crippen LogP contribution in [0.5, 0.6) is 0 Å². The molecule has 0 fully saturated rings. The van der Waals surface area contributed by atoms with Gasteiger partial charge < -0.3 is 0 Å². The molecule has 0 aliphatic heterocycles. The lowest BCUT2D eigenvalue weighted by Crippen LogP contribution is -2.03. The summed E-state index contributed by atoms with van der Waals surface area (Å²) >= 11 is 6.50. The van der Waals surface area contributed by atoms with E-state index in [1.54, 1.807) is 16.8 Å². The summed E-state index contributed by atoms with van der Waals surface area (Å²) < 4.78 is 14.3. The molecule has 2 aromatic carbocycles. The van der Waals surface area contributed by atoms with Crippen LogP contribution in [0.15, 0.2) is 54.6 Å². The van der Waals surface area contributed by atoms with Crippen molar-refractivity contribution in [2.45, 2.75) is 25.0 Å². The van der Waals surface area contributed by atoms with Crippen molar-refractivity contribution in [2.75, 3.05) is 0 Å². The molecule has 4 nitrogen and oxygen atoms in total. The van der Waals surface area contributed by atoms with Gasteiger partial charge in [-0.3, -0.25) is 4.21 Å². The van der Waals surface area contributed by atoms with E-state index in [0.29, 0.717) is 28.8 Å². The Hall–Kier alpha value is -2.42. The molecule has 3 rings (SSSR count). The Morgan fingerprint density at radius 3 is 2.42 bits per heavy atom. The topological polar surface area (TPSA) is 58.7 Å². The summed E-state index contributed by atoms with van der Waals surface area (Å²) in [6, 6.07) is 19.2. The number of nitriles is 1. The maximum Gasteiger partial charge on any atom is 0.131 e. The first kappa shape index (κ1) is 18.4. The zero-order valence-corrected chi connectivity index (χ0v) is 15.9. The molecule has 1 heterocycles. The van der Waals surface area contributed by atoms with E-state index in [1.165, 1.54) is 0 Å². The van der Waals surface area contributed by atoms with E-state index in [2.05, 4.69) is 11.2 Å². The highest BCUT2D eigenvalue weighted by atomic mass is 35.5. The number of halogens is 1. The fraction of sp³-hybridized carbons (Fsp3) is 0.200. The molecule has 0 aliphatic carbocycles. The Kier molecular flexibility index (Phi) is 5.87. The van der Waals surface area contributed by atoms with Crippen molar-refractivity contribution >= 4 is 22.4 Å². The number of hydrogen-bond acceptors (Lipinski definition) is 3. The van der Waals surface area contributed by atoms with Crippen LogP contribution in [0.3, 0.4) is 0 Å². The first-order valence-corrected chi connectivity index (χ1v) is 10.0. The highest BCUT2D eigenvalue weighted by Gasteiger charge is 2.16. The van der Waals surface area contributed by atoms with Crippen LogP contribution in [0.25, 0.3) is 0 Å². The molecule has 0 N–H and O–H groups in total. The maximum absolute atomic E-state index is 12.6. The van der Waals surface area contributed by atoms with Crippen LogP contribution in [0.4, 0.5) is 0 Å². The fourth-order valence-corrected chi connectivity index (χ4v) is 4.40. The van der Waals surface area contributed by atoms with Gasteiger partial charge in [-0.2, -0.15) is 10.4 Å². The van der Waals surface area contributed by atoms with Crippen LogP contribution < -0.4 is 0 Å². The average molecular weight is 384 g/mol. The standard InChI is InChI=1S/C20H18ClN3OS/c1-15-19(14-26(25)13-18-9-7-16(11-22)8-10-18)20(21)24(23-15)12-17-5-3-2-4-6-17/h2-10H,12-14H2,1H3/t26-/m1/s1. The SMILES string of the molecule is Cc1nn(Cc2ccccc2)c(Cl)c1C[S@](=O)Cc1ccc(C#N)cc1. The van der Waals surface area contributed by atoms with Gasteiger partial charge in [-0.05, 0) is 30.2 Å². The second-order valence-corrected chi connectivity index (χ2v) is 7.85. The van der Waals surface area contributed by atoms with Crippen molar-refractivity contribution in [3.8, 4) is 6.07 Å². The number of nitrogens with zero attached hydrogens (tertiary/aromatic N) is 3. The van der Waals surface area contributed by atoms with E-state index in [0.717, 1.165) is 22.4 Å². The van der Waals surface area contributed by atoms with E-state index in [4.69, 9.17) is 16.9 Å². The Balaban J connectivity index is 1.71. The second-order valence-electron chi connectivity index (χ2n) is 6.04. The van der Waals surface area contributed by atoms with Gasteiger partial charge in [0.1, 0.15) is 5.15 Å². The zero-order chi connectivity index (χ0) is 18.5. The molecule has 0 saturated heterocycles. The minimum absolute atomic E-state index is 0.361. The third-order valence-electron chi connectivity index (χ3n) is 4.07. The van der Waals surface area contributed by atoms with Crippen LogP contribution in [-0.4, -0.2) is 14.0 Å². The van der Waals surface area contributed by atoms with Crippen molar-refractivity contribution in [3.05, 3.63) is 87.7 Å². The van der Waals surface area contributed by atoms with Gasteiger partial charge in [0.2, 0.25) is 0 Å². The average Bonchev–Trinajstić information content (AvgIpc) is 2.90. The predicted octanol–water partition coefficient (Wildman–Crippen LogP) is 4.21. The molecule has 0 unspecified atom stereocenters. The summed E-state index contributed by atoms with van der Waals surface area (Å²) in [4.78, 5) is 0. The summed E-state index contributed by atoms with van der Waals surface area (Å²) in [5.74, 6) is 0.783. The van der Waals surface area contributed by atoms with Gasteiger partial charge >= 0.3 is 0 Å². The Bertz CT molecular complexity index is 959. The molecule has 0 aliphatic rings. The smallest absolute Gasteiger partial charge is 0.131 e. The summed E-state index contributed by atoms with van der Waals surface area (Å²) in [6.45, 7) is 2.48. The summed E-state index contributed by atoms with van der Waals surface area (Å²) in [5.41, 5.74) is 4.28. The third-order valence-corrected chi connectivity index (χ3v) is 5.76. The number of aromatic nitrogens is 2. The molecule has 0 spiro atoms. The summed E-state index contributed by atoms with van der Waals surface area (Å²) in [7, 11) is -1.10. The van der Waals surface area contributed by atoms with Gasteiger partial charge in [-0.15, -0.1) is 0 Å². The van der Waals surface area contributed by atoms with Crippen LogP contribution in [0.1, 0.15) is 27.9 Å². The second kappa shape index (κ2) is 8.31. The third kappa shape index (κ3) is 4.40. The number of hydrogen-bond donors (Lipinski definition) is 0. The first-order valence-electron chi connectivity index (χ1n) is 8.16. The molecule has 26 heavy (non-hydrogen) atoms. The highest BCUT2D eigenvalue weighted by Crippen LogP contribution is 2.23. The monoisotopic (exact) mass is 383 g/mol. The number of aryl methyl sites for hydroxylation is 1. The summed E-state index contributed by atoms with van der Waals surface area (Å²) in [5, 5.41) is 13.9. The Labute approximate surface area is 160 Å². The van der Waals surface area contributed by atoms with Crippen molar-refractivity contribution < 1.29 is 4.21 Å². The van der Waals surface area contributed by atoms with Crippen LogP contribution in [0.2, 0.25) is 5.15 Å². The molecule has 1 atom stereocenters. The molecule has 0 saturated carbocycles. The van der Waals surface area contributed by atoms with Gasteiger partial charge in [0.15, 0.2) is 0 Å². The molecule has 132 valence electrons. The first-order chi connectivity index (χ1) is 12.6. The van der Waals surface area contributed by atoms with Crippen molar-refractivity contribution in [2.24, 2.45) is 0 Å². The lowest BCUT2D eigenvalue weighted by Gasteiger charge is -2.05. The predicted molar refractivity (Wildman–Crippen MR) is 104 cm³/mol. The molecule has 6 heteroatoms. The highest BCUT2D eigenvalue weighted by molar-refractivity contribution is 7.83. The maximum atomic E-state index is 12.6. The Morgan fingerprint density at radius 1 is 1.08 bits per heavy atom. The fourth-order valence-electron chi connectivity index (χ4n) is 2.69. The van der Waals surface area contributed by atoms with Crippen molar-refractivity contribution in [3.63, 3.8) is 0 Å². The molecule has 0 amide bonds. The van der Waals surface area contributed by atoms with E-state index in [9.17, 15) is 4.21 Å². The molecule has 1 aromatic heterocycles. The molecule has 3 aromatic rings. The Morgan fingerprint density at radius 2 is 1.77 bits per heavy atom. The van der Waals surface area contributed by atoms with Gasteiger partial charge in [0.05, 0.1) is 29.6 Å². The van der Waals surface area contributed by atoms with Gasteiger partial charge in [0, 0.05) is 22.1 Å². The van der Waals surface area contributed by atoms with E-state index in [-0.39, 0.29) is 0 Å².